The van der Waals surface area contributed by atoms with Gasteiger partial charge in [-0.15, -0.1) is 0 Å². The lowest BCUT2D eigenvalue weighted by molar-refractivity contribution is 0.102. The fourth-order valence-electron chi connectivity index (χ4n) is 2.06. The zero-order valence-corrected chi connectivity index (χ0v) is 15.3. The molecule has 0 atom stereocenters. The van der Waals surface area contributed by atoms with Gasteiger partial charge in [0.25, 0.3) is 5.91 Å². The van der Waals surface area contributed by atoms with Gasteiger partial charge in [-0.3, -0.25) is 9.52 Å². The molecule has 2 aromatic rings. The summed E-state index contributed by atoms with van der Waals surface area (Å²) in [6.45, 7) is 5.38. The largest absolute Gasteiger partial charge is 0.489 e. The molecule has 1 amide bonds. The minimum atomic E-state index is -3.34. The smallest absolute Gasteiger partial charge is 0.255 e. The van der Waals surface area contributed by atoms with Crippen LogP contribution in [-0.2, 0) is 10.0 Å². The molecule has 6 nitrogen and oxygen atoms in total. The van der Waals surface area contributed by atoms with Crippen molar-refractivity contribution >= 4 is 27.3 Å². The van der Waals surface area contributed by atoms with Crippen molar-refractivity contribution in [2.45, 2.75) is 26.9 Å². The van der Waals surface area contributed by atoms with Crippen LogP contribution in [0.1, 0.15) is 31.1 Å². The molecule has 25 heavy (non-hydrogen) atoms. The summed E-state index contributed by atoms with van der Waals surface area (Å²) >= 11 is 0. The molecule has 0 heterocycles. The van der Waals surface area contributed by atoms with E-state index in [9.17, 15) is 13.2 Å². The van der Waals surface area contributed by atoms with Crippen molar-refractivity contribution in [2.24, 2.45) is 0 Å². The number of hydrogen-bond donors (Lipinski definition) is 2. The Kier molecular flexibility index (Phi) is 6.03. The van der Waals surface area contributed by atoms with Crippen molar-refractivity contribution in [3.05, 3.63) is 54.1 Å². The van der Waals surface area contributed by atoms with E-state index < -0.39 is 10.0 Å². The second kappa shape index (κ2) is 8.02. The van der Waals surface area contributed by atoms with Gasteiger partial charge in [0.05, 0.1) is 17.5 Å². The van der Waals surface area contributed by atoms with E-state index in [1.54, 1.807) is 43.3 Å². The van der Waals surface area contributed by atoms with Gasteiger partial charge >= 0.3 is 0 Å². The molecule has 2 rings (SSSR count). The average molecular weight is 362 g/mol. The molecule has 0 aliphatic rings. The standard InChI is InChI=1S/C18H22N2O4S/c1-4-25(22,23)20-15-11-9-14(10-12-15)18(21)19-16-7-5-6-8-17(16)24-13(2)3/h5-13,20H,4H2,1-3H3,(H,19,21). The maximum atomic E-state index is 12.4. The maximum Gasteiger partial charge on any atom is 0.255 e. The second-order valence-corrected chi connectivity index (χ2v) is 7.71. The Bertz CT molecular complexity index is 830. The van der Waals surface area contributed by atoms with Crippen molar-refractivity contribution in [1.29, 1.82) is 0 Å². The summed E-state index contributed by atoms with van der Waals surface area (Å²) in [5, 5.41) is 2.81. The highest BCUT2D eigenvalue weighted by Gasteiger charge is 2.12. The van der Waals surface area contributed by atoms with Crippen LogP contribution in [0.5, 0.6) is 5.75 Å². The third kappa shape index (κ3) is 5.49. The Hall–Kier alpha value is -2.54. The normalized spacial score (nSPS) is 11.2. The summed E-state index contributed by atoms with van der Waals surface area (Å²) in [5.74, 6) is 0.282. The quantitative estimate of drug-likeness (QED) is 0.790. The van der Waals surface area contributed by atoms with Crippen molar-refractivity contribution in [2.75, 3.05) is 15.8 Å². The number of sulfonamides is 1. The summed E-state index contributed by atoms with van der Waals surface area (Å²) < 4.78 is 31.2. The Morgan fingerprint density at radius 3 is 2.32 bits per heavy atom. The number of carbonyl (C=O) groups excluding carboxylic acids is 1. The molecule has 0 radical (unpaired) electrons. The molecule has 0 saturated carbocycles. The fraction of sp³-hybridized carbons (Fsp3) is 0.278. The van der Waals surface area contributed by atoms with Crippen LogP contribution in [-0.4, -0.2) is 26.2 Å². The summed E-state index contributed by atoms with van der Waals surface area (Å²) in [6, 6.07) is 13.4. The van der Waals surface area contributed by atoms with Crippen molar-refractivity contribution in [3.63, 3.8) is 0 Å². The molecule has 2 N–H and O–H groups in total. The molecular formula is C18H22N2O4S. The van der Waals surface area contributed by atoms with E-state index in [1.807, 2.05) is 26.0 Å². The van der Waals surface area contributed by atoms with Crippen molar-refractivity contribution in [3.8, 4) is 5.75 Å². The lowest BCUT2D eigenvalue weighted by Crippen LogP contribution is -2.16. The lowest BCUT2D eigenvalue weighted by atomic mass is 10.2. The number of anilines is 2. The number of hydrogen-bond acceptors (Lipinski definition) is 4. The number of benzene rings is 2. The Labute approximate surface area is 148 Å². The predicted octanol–water partition coefficient (Wildman–Crippen LogP) is 3.49. The van der Waals surface area contributed by atoms with Gasteiger partial charge in [-0.25, -0.2) is 8.42 Å². The van der Waals surface area contributed by atoms with Gasteiger partial charge in [0.2, 0.25) is 10.0 Å². The van der Waals surface area contributed by atoms with Gasteiger partial charge in [0.15, 0.2) is 0 Å². The van der Waals surface area contributed by atoms with Crippen LogP contribution in [0.2, 0.25) is 0 Å². The third-order valence-electron chi connectivity index (χ3n) is 3.30. The van der Waals surface area contributed by atoms with Crippen molar-refractivity contribution in [1.82, 2.24) is 0 Å². The highest BCUT2D eigenvalue weighted by atomic mass is 32.2. The highest BCUT2D eigenvalue weighted by Crippen LogP contribution is 2.25. The van der Waals surface area contributed by atoms with E-state index in [2.05, 4.69) is 10.0 Å². The van der Waals surface area contributed by atoms with E-state index in [1.165, 1.54) is 0 Å². The zero-order chi connectivity index (χ0) is 18.4. The molecule has 2 aromatic carbocycles. The molecule has 0 aliphatic heterocycles. The molecule has 0 aromatic heterocycles. The molecule has 0 spiro atoms. The van der Waals surface area contributed by atoms with E-state index in [4.69, 9.17) is 4.74 Å². The zero-order valence-electron chi connectivity index (χ0n) is 14.4. The van der Waals surface area contributed by atoms with Crippen LogP contribution < -0.4 is 14.8 Å². The van der Waals surface area contributed by atoms with E-state index >= 15 is 0 Å². The summed E-state index contributed by atoms with van der Waals surface area (Å²) in [5.41, 5.74) is 1.41. The second-order valence-electron chi connectivity index (χ2n) is 5.70. The van der Waals surface area contributed by atoms with Crippen LogP contribution in [0, 0.1) is 0 Å². The van der Waals surface area contributed by atoms with Crippen molar-refractivity contribution < 1.29 is 17.9 Å². The topological polar surface area (TPSA) is 84.5 Å². The van der Waals surface area contributed by atoms with Gasteiger partial charge < -0.3 is 10.1 Å². The molecule has 0 unspecified atom stereocenters. The van der Waals surface area contributed by atoms with Crippen LogP contribution in [0.25, 0.3) is 0 Å². The van der Waals surface area contributed by atoms with Crippen LogP contribution in [0.3, 0.4) is 0 Å². The Morgan fingerprint density at radius 2 is 1.72 bits per heavy atom. The van der Waals surface area contributed by atoms with Crippen LogP contribution in [0.4, 0.5) is 11.4 Å². The molecule has 0 saturated heterocycles. The number of para-hydroxylation sites is 2. The SMILES string of the molecule is CCS(=O)(=O)Nc1ccc(C(=O)Nc2ccccc2OC(C)C)cc1. The summed E-state index contributed by atoms with van der Waals surface area (Å²) in [7, 11) is -3.34. The maximum absolute atomic E-state index is 12.4. The van der Waals surface area contributed by atoms with E-state index in [-0.39, 0.29) is 17.8 Å². The molecule has 0 bridgehead atoms. The number of ether oxygens (including phenoxy) is 1. The third-order valence-corrected chi connectivity index (χ3v) is 4.61. The van der Waals surface area contributed by atoms with Gasteiger partial charge in [-0.2, -0.15) is 0 Å². The lowest BCUT2D eigenvalue weighted by Gasteiger charge is -2.15. The van der Waals surface area contributed by atoms with E-state index in [0.29, 0.717) is 22.7 Å². The summed E-state index contributed by atoms with van der Waals surface area (Å²) in [4.78, 5) is 12.4. The number of amides is 1. The first-order valence-electron chi connectivity index (χ1n) is 7.98. The van der Waals surface area contributed by atoms with Gasteiger partial charge in [-0.05, 0) is 57.2 Å². The van der Waals surface area contributed by atoms with Crippen LogP contribution in [0.15, 0.2) is 48.5 Å². The minimum Gasteiger partial charge on any atom is -0.489 e. The van der Waals surface area contributed by atoms with Gasteiger partial charge in [0, 0.05) is 11.3 Å². The first-order valence-corrected chi connectivity index (χ1v) is 9.63. The Morgan fingerprint density at radius 1 is 1.08 bits per heavy atom. The number of carbonyl (C=O) groups is 1. The highest BCUT2D eigenvalue weighted by molar-refractivity contribution is 7.92. The number of nitrogens with one attached hydrogen (secondary N) is 2. The first kappa shape index (κ1) is 18.8. The average Bonchev–Trinajstić information content (AvgIpc) is 2.56. The molecule has 0 aliphatic carbocycles. The molecular weight excluding hydrogens is 340 g/mol. The first-order chi connectivity index (χ1) is 11.8. The van der Waals surface area contributed by atoms with Gasteiger partial charge in [-0.1, -0.05) is 12.1 Å². The fourth-order valence-corrected chi connectivity index (χ4v) is 2.70. The molecule has 7 heteroatoms. The van der Waals surface area contributed by atoms with Gasteiger partial charge in [0.1, 0.15) is 5.75 Å². The predicted molar refractivity (Wildman–Crippen MR) is 99.7 cm³/mol. The minimum absolute atomic E-state index is 0.0103. The molecule has 0 fully saturated rings. The van der Waals surface area contributed by atoms with Crippen LogP contribution >= 0.6 is 0 Å². The summed E-state index contributed by atoms with van der Waals surface area (Å²) in [6.07, 6.45) is -0.0103. The number of rotatable bonds is 7. The molecule has 134 valence electrons. The Balaban J connectivity index is 2.12. The van der Waals surface area contributed by atoms with E-state index in [0.717, 1.165) is 0 Å². The monoisotopic (exact) mass is 362 g/mol.